The SMILES string of the molecule is COc1ccc(C(C)=O)cc1N1C(=O)C2C3c4ccccc4C(C(C)=O)(c4ccccc43)C2C1=O. The third-order valence-corrected chi connectivity index (χ3v) is 8.00. The fourth-order valence-corrected chi connectivity index (χ4v) is 6.69. The number of ether oxygens (including phenoxy) is 1. The minimum atomic E-state index is -1.26. The summed E-state index contributed by atoms with van der Waals surface area (Å²) in [6.45, 7) is 2.94. The van der Waals surface area contributed by atoms with Gasteiger partial charge < -0.3 is 4.74 Å². The Morgan fingerprint density at radius 2 is 1.46 bits per heavy atom. The number of hydrogen-bond acceptors (Lipinski definition) is 5. The first-order valence-electron chi connectivity index (χ1n) is 11.6. The molecule has 3 aromatic carbocycles. The van der Waals surface area contributed by atoms with E-state index in [1.807, 2.05) is 48.5 Å². The van der Waals surface area contributed by atoms with E-state index in [4.69, 9.17) is 4.74 Å². The van der Waals surface area contributed by atoms with Crippen molar-refractivity contribution < 1.29 is 23.9 Å². The fraction of sp³-hybridized carbons (Fsp3) is 0.241. The van der Waals surface area contributed by atoms with Crippen LogP contribution in [0, 0.1) is 11.8 Å². The number of methoxy groups -OCH3 is 1. The smallest absolute Gasteiger partial charge is 0.239 e. The van der Waals surface area contributed by atoms with Gasteiger partial charge in [-0.05, 0) is 54.3 Å². The van der Waals surface area contributed by atoms with Gasteiger partial charge >= 0.3 is 0 Å². The average Bonchev–Trinajstić information content (AvgIpc) is 3.13. The molecular formula is C29H23NO5. The van der Waals surface area contributed by atoms with E-state index in [0.717, 1.165) is 27.2 Å². The number of rotatable bonds is 4. The number of nitrogens with zero attached hydrogens (tertiary/aromatic N) is 1. The van der Waals surface area contributed by atoms with Crippen LogP contribution < -0.4 is 9.64 Å². The van der Waals surface area contributed by atoms with Crippen LogP contribution in [0.25, 0.3) is 0 Å². The molecule has 1 fully saturated rings. The molecule has 0 N–H and O–H groups in total. The Morgan fingerprint density at radius 1 is 0.857 bits per heavy atom. The molecule has 2 bridgehead atoms. The predicted octanol–water partition coefficient (Wildman–Crippen LogP) is 4.04. The molecule has 2 atom stereocenters. The van der Waals surface area contributed by atoms with Gasteiger partial charge in [0.05, 0.1) is 30.0 Å². The number of Topliss-reactive ketones (excluding diaryl/α,β-unsaturated/α-hetero) is 2. The molecule has 6 nitrogen and oxygen atoms in total. The summed E-state index contributed by atoms with van der Waals surface area (Å²) >= 11 is 0. The number of amides is 2. The van der Waals surface area contributed by atoms with Crippen molar-refractivity contribution in [2.24, 2.45) is 11.8 Å². The van der Waals surface area contributed by atoms with E-state index in [9.17, 15) is 19.2 Å². The molecular weight excluding hydrogens is 442 g/mol. The van der Waals surface area contributed by atoms with E-state index in [0.29, 0.717) is 11.3 Å². The summed E-state index contributed by atoms with van der Waals surface area (Å²) in [7, 11) is 1.46. The Kier molecular flexibility index (Phi) is 4.43. The number of ketones is 2. The lowest BCUT2D eigenvalue weighted by Gasteiger charge is -2.52. The van der Waals surface area contributed by atoms with Crippen molar-refractivity contribution in [3.05, 3.63) is 94.5 Å². The minimum absolute atomic E-state index is 0.169. The highest BCUT2D eigenvalue weighted by Crippen LogP contribution is 2.64. The van der Waals surface area contributed by atoms with Crippen LogP contribution in [0.2, 0.25) is 0 Å². The number of carbonyl (C=O) groups is 4. The highest BCUT2D eigenvalue weighted by Gasteiger charge is 2.70. The molecule has 1 saturated heterocycles. The third kappa shape index (κ3) is 2.49. The van der Waals surface area contributed by atoms with Gasteiger partial charge in [0.15, 0.2) is 5.78 Å². The first-order chi connectivity index (χ1) is 16.8. The Hall–Kier alpha value is -4.06. The van der Waals surface area contributed by atoms with Crippen LogP contribution in [-0.4, -0.2) is 30.5 Å². The van der Waals surface area contributed by atoms with E-state index in [1.165, 1.54) is 27.0 Å². The summed E-state index contributed by atoms with van der Waals surface area (Å²) in [5, 5.41) is 0. The average molecular weight is 466 g/mol. The van der Waals surface area contributed by atoms with Gasteiger partial charge in [0, 0.05) is 11.5 Å². The highest BCUT2D eigenvalue weighted by molar-refractivity contribution is 6.26. The lowest BCUT2D eigenvalue weighted by molar-refractivity contribution is -0.132. The van der Waals surface area contributed by atoms with Gasteiger partial charge in [-0.2, -0.15) is 0 Å². The Labute approximate surface area is 202 Å². The zero-order valence-electron chi connectivity index (χ0n) is 19.6. The van der Waals surface area contributed by atoms with Crippen LogP contribution in [0.1, 0.15) is 52.4 Å². The summed E-state index contributed by atoms with van der Waals surface area (Å²) in [6.07, 6.45) is 0. The maximum Gasteiger partial charge on any atom is 0.239 e. The molecule has 0 aromatic heterocycles. The summed E-state index contributed by atoms with van der Waals surface area (Å²) in [5.74, 6) is -2.83. The van der Waals surface area contributed by atoms with Gasteiger partial charge in [-0.15, -0.1) is 0 Å². The molecule has 0 radical (unpaired) electrons. The molecule has 3 aliphatic carbocycles. The maximum absolute atomic E-state index is 14.2. The molecule has 1 heterocycles. The standard InChI is InChI=1S/C29H23NO5/c1-15(31)17-12-13-23(35-3)22(14-17)30-27(33)25-24-18-8-4-6-10-20(18)29(16(2)32,26(25)28(30)34)21-11-7-5-9-19(21)24/h4-14,24-26H,1-3H3. The summed E-state index contributed by atoms with van der Waals surface area (Å²) in [4.78, 5) is 55.3. The van der Waals surface area contributed by atoms with E-state index < -0.39 is 23.2 Å². The summed E-state index contributed by atoms with van der Waals surface area (Å²) in [6, 6.07) is 20.0. The largest absolute Gasteiger partial charge is 0.495 e. The molecule has 1 aliphatic heterocycles. The first kappa shape index (κ1) is 21.5. The molecule has 0 spiro atoms. The quantitative estimate of drug-likeness (QED) is 0.429. The summed E-state index contributed by atoms with van der Waals surface area (Å²) in [5.41, 5.74) is 2.75. The molecule has 6 heteroatoms. The van der Waals surface area contributed by atoms with Gasteiger partial charge in [0.1, 0.15) is 11.5 Å². The minimum Gasteiger partial charge on any atom is -0.495 e. The van der Waals surface area contributed by atoms with Crippen molar-refractivity contribution in [3.8, 4) is 5.75 Å². The molecule has 0 saturated carbocycles. The molecule has 4 aliphatic rings. The Balaban J connectivity index is 1.65. The van der Waals surface area contributed by atoms with Gasteiger partial charge in [0.25, 0.3) is 0 Å². The summed E-state index contributed by atoms with van der Waals surface area (Å²) < 4.78 is 5.48. The molecule has 35 heavy (non-hydrogen) atoms. The Morgan fingerprint density at radius 3 is 2.00 bits per heavy atom. The zero-order chi connectivity index (χ0) is 24.6. The monoisotopic (exact) mass is 465 g/mol. The normalized spacial score (nSPS) is 25.7. The van der Waals surface area contributed by atoms with Gasteiger partial charge in [-0.25, -0.2) is 4.90 Å². The zero-order valence-corrected chi connectivity index (χ0v) is 19.6. The van der Waals surface area contributed by atoms with Crippen LogP contribution in [0.15, 0.2) is 66.7 Å². The van der Waals surface area contributed by atoms with Gasteiger partial charge in [-0.1, -0.05) is 48.5 Å². The lowest BCUT2D eigenvalue weighted by Crippen LogP contribution is -2.57. The van der Waals surface area contributed by atoms with Gasteiger partial charge in [-0.3, -0.25) is 19.2 Å². The van der Waals surface area contributed by atoms with Crippen LogP contribution in [0.5, 0.6) is 5.75 Å². The maximum atomic E-state index is 14.2. The van der Waals surface area contributed by atoms with Crippen LogP contribution in [0.3, 0.4) is 0 Å². The second-order valence-electron chi connectivity index (χ2n) is 9.47. The number of imide groups is 1. The predicted molar refractivity (Wildman–Crippen MR) is 129 cm³/mol. The second kappa shape index (κ2) is 7.22. The van der Waals surface area contributed by atoms with E-state index in [1.54, 1.807) is 12.1 Å². The van der Waals surface area contributed by atoms with Gasteiger partial charge in [0.2, 0.25) is 11.8 Å². The van der Waals surface area contributed by atoms with Crippen molar-refractivity contribution in [2.75, 3.05) is 12.0 Å². The molecule has 2 amide bonds. The topological polar surface area (TPSA) is 80.8 Å². The van der Waals surface area contributed by atoms with Crippen molar-refractivity contribution in [3.63, 3.8) is 0 Å². The first-order valence-corrected chi connectivity index (χ1v) is 11.6. The van der Waals surface area contributed by atoms with Crippen molar-refractivity contribution >= 4 is 29.1 Å². The van der Waals surface area contributed by atoms with Crippen LogP contribution in [-0.2, 0) is 19.8 Å². The molecule has 7 rings (SSSR count). The van der Waals surface area contributed by atoms with E-state index in [2.05, 4.69) is 0 Å². The number of carbonyl (C=O) groups excluding carboxylic acids is 4. The van der Waals surface area contributed by atoms with Crippen molar-refractivity contribution in [1.82, 2.24) is 0 Å². The van der Waals surface area contributed by atoms with Crippen LogP contribution in [0.4, 0.5) is 5.69 Å². The molecule has 2 unspecified atom stereocenters. The molecule has 3 aromatic rings. The van der Waals surface area contributed by atoms with E-state index >= 15 is 0 Å². The number of benzene rings is 3. The third-order valence-electron chi connectivity index (χ3n) is 8.00. The second-order valence-corrected chi connectivity index (χ2v) is 9.47. The fourth-order valence-electron chi connectivity index (χ4n) is 6.69. The molecule has 174 valence electrons. The Bertz CT molecular complexity index is 1420. The van der Waals surface area contributed by atoms with Crippen molar-refractivity contribution in [1.29, 1.82) is 0 Å². The van der Waals surface area contributed by atoms with Crippen LogP contribution >= 0.6 is 0 Å². The number of anilines is 1. The van der Waals surface area contributed by atoms with Crippen molar-refractivity contribution in [2.45, 2.75) is 25.2 Å². The number of hydrogen-bond donors (Lipinski definition) is 0. The highest BCUT2D eigenvalue weighted by atomic mass is 16.5. The lowest BCUT2D eigenvalue weighted by atomic mass is 9.46. The van der Waals surface area contributed by atoms with E-state index in [-0.39, 0.29) is 29.1 Å².